The van der Waals surface area contributed by atoms with Crippen LogP contribution in [0.2, 0.25) is 0 Å². The number of alkyl halides is 3. The maximum atomic E-state index is 13.2. The number of ether oxygens (including phenoxy) is 2. The lowest BCUT2D eigenvalue weighted by atomic mass is 9.89. The third-order valence-electron chi connectivity index (χ3n) is 5.86. The molecule has 2 aliphatic rings. The van der Waals surface area contributed by atoms with E-state index in [2.05, 4.69) is 15.4 Å². The van der Waals surface area contributed by atoms with Crippen molar-refractivity contribution in [3.63, 3.8) is 0 Å². The molecule has 9 heteroatoms. The molecule has 190 valence electrons. The van der Waals surface area contributed by atoms with Crippen molar-refractivity contribution in [3.05, 3.63) is 65.2 Å². The molecule has 0 radical (unpaired) electrons. The van der Waals surface area contributed by atoms with E-state index in [1.807, 2.05) is 30.3 Å². The zero-order valence-electron chi connectivity index (χ0n) is 19.8. The van der Waals surface area contributed by atoms with Gasteiger partial charge >= 0.3 is 12.3 Å². The van der Waals surface area contributed by atoms with Gasteiger partial charge in [0.25, 0.3) is 6.47 Å². The minimum Gasteiger partial charge on any atom is -0.465 e. The number of nitrogens with one attached hydrogen (secondary N) is 2. The van der Waals surface area contributed by atoms with E-state index in [1.54, 1.807) is 13.8 Å². The van der Waals surface area contributed by atoms with E-state index < -0.39 is 23.9 Å². The summed E-state index contributed by atoms with van der Waals surface area (Å²) < 4.78 is 49.1. The first-order valence-corrected chi connectivity index (χ1v) is 11.7. The monoisotopic (exact) mass is 492 g/mol. The fourth-order valence-electron chi connectivity index (χ4n) is 3.95. The third-order valence-corrected chi connectivity index (χ3v) is 5.86. The van der Waals surface area contributed by atoms with Gasteiger partial charge < -0.3 is 20.1 Å². The molecule has 6 nitrogen and oxygen atoms in total. The van der Waals surface area contributed by atoms with Crippen LogP contribution in [-0.2, 0) is 26.9 Å². The highest BCUT2D eigenvalue weighted by molar-refractivity contribution is 5.69. The molecule has 1 heterocycles. The summed E-state index contributed by atoms with van der Waals surface area (Å²) in [5.74, 6) is 0.504. The Bertz CT molecular complexity index is 978. The molecular formula is C26H31F3N2O4. The molecule has 2 atom stereocenters. The number of alkyl carbamates (subject to hydrolysis) is 1. The Hall–Kier alpha value is -3.23. The summed E-state index contributed by atoms with van der Waals surface area (Å²) in [6, 6.07) is 12.9. The lowest BCUT2D eigenvalue weighted by Crippen LogP contribution is -2.38. The van der Waals surface area contributed by atoms with Gasteiger partial charge in [-0.1, -0.05) is 30.3 Å². The summed E-state index contributed by atoms with van der Waals surface area (Å²) in [4.78, 5) is 21.7. The molecule has 35 heavy (non-hydrogen) atoms. The van der Waals surface area contributed by atoms with Crippen LogP contribution in [0.15, 0.2) is 48.5 Å². The van der Waals surface area contributed by atoms with Gasteiger partial charge in [0.1, 0.15) is 0 Å². The van der Waals surface area contributed by atoms with Crippen molar-refractivity contribution in [1.82, 2.24) is 5.32 Å². The van der Waals surface area contributed by atoms with Crippen molar-refractivity contribution in [3.8, 4) is 0 Å². The van der Waals surface area contributed by atoms with E-state index in [4.69, 9.17) is 4.74 Å². The number of halogens is 3. The first kappa shape index (κ1) is 26.4. The van der Waals surface area contributed by atoms with Crippen molar-refractivity contribution in [2.45, 2.75) is 63.9 Å². The standard InChI is InChI=1S/C22H23F3N2O2.C4H8O2/c23-22(24,25)16-8-9-18-17(12-16)20(13-19(26-18)15-6-7-15)27-21(28)29-11-10-14-4-2-1-3-5-14;1-4(2)6-3-5/h1-5,8-9,12,15,19-20,26H,6-7,10-11,13H2,(H,27,28);3-4H,1-2H3/t19-,20-;/m1./s1. The zero-order chi connectivity index (χ0) is 25.4. The average Bonchev–Trinajstić information content (AvgIpc) is 3.65. The van der Waals surface area contributed by atoms with Crippen LogP contribution in [0, 0.1) is 5.92 Å². The van der Waals surface area contributed by atoms with Gasteiger partial charge in [-0.3, -0.25) is 4.79 Å². The van der Waals surface area contributed by atoms with Crippen LogP contribution in [0.4, 0.5) is 23.7 Å². The van der Waals surface area contributed by atoms with Gasteiger partial charge in [0.2, 0.25) is 0 Å². The molecule has 0 saturated heterocycles. The van der Waals surface area contributed by atoms with Crippen LogP contribution < -0.4 is 10.6 Å². The summed E-state index contributed by atoms with van der Waals surface area (Å²) >= 11 is 0. The molecule has 0 unspecified atom stereocenters. The normalized spacial score (nSPS) is 18.9. The van der Waals surface area contributed by atoms with E-state index in [-0.39, 0.29) is 18.8 Å². The Kier molecular flexibility index (Phi) is 9.01. The van der Waals surface area contributed by atoms with Gasteiger partial charge in [0, 0.05) is 18.2 Å². The van der Waals surface area contributed by atoms with Gasteiger partial charge in [-0.05, 0) is 68.4 Å². The molecule has 1 saturated carbocycles. The number of rotatable bonds is 7. The molecule has 1 fully saturated rings. The molecule has 0 aromatic heterocycles. The van der Waals surface area contributed by atoms with Gasteiger partial charge in [0.05, 0.1) is 24.3 Å². The number of carbonyl (C=O) groups is 2. The maximum absolute atomic E-state index is 13.2. The molecule has 2 N–H and O–H groups in total. The molecule has 2 aromatic rings. The largest absolute Gasteiger partial charge is 0.465 e. The van der Waals surface area contributed by atoms with Crippen molar-refractivity contribution in [2.24, 2.45) is 5.92 Å². The Morgan fingerprint density at radius 1 is 1.17 bits per heavy atom. The number of carbonyl (C=O) groups excluding carboxylic acids is 2. The highest BCUT2D eigenvalue weighted by Gasteiger charge is 2.39. The summed E-state index contributed by atoms with van der Waals surface area (Å²) in [6.07, 6.45) is -1.67. The summed E-state index contributed by atoms with van der Waals surface area (Å²) in [7, 11) is 0. The Labute approximate surface area is 203 Å². The van der Waals surface area contributed by atoms with E-state index in [0.717, 1.165) is 30.5 Å². The topological polar surface area (TPSA) is 76.7 Å². The van der Waals surface area contributed by atoms with Crippen LogP contribution >= 0.6 is 0 Å². The molecule has 2 aromatic carbocycles. The molecule has 1 aliphatic carbocycles. The van der Waals surface area contributed by atoms with E-state index in [0.29, 0.717) is 36.5 Å². The predicted octanol–water partition coefficient (Wildman–Crippen LogP) is 5.88. The number of fused-ring (bicyclic) bond motifs is 1. The molecule has 0 spiro atoms. The van der Waals surface area contributed by atoms with Gasteiger partial charge in [-0.2, -0.15) is 13.2 Å². The lowest BCUT2D eigenvalue weighted by molar-refractivity contribution is -0.137. The van der Waals surface area contributed by atoms with Crippen molar-refractivity contribution in [2.75, 3.05) is 11.9 Å². The predicted molar refractivity (Wildman–Crippen MR) is 126 cm³/mol. The molecular weight excluding hydrogens is 461 g/mol. The molecule has 1 amide bonds. The van der Waals surface area contributed by atoms with Crippen molar-refractivity contribution >= 4 is 18.3 Å². The second-order valence-electron chi connectivity index (χ2n) is 8.97. The van der Waals surface area contributed by atoms with Crippen LogP contribution in [0.3, 0.4) is 0 Å². The summed E-state index contributed by atoms with van der Waals surface area (Å²) in [6.45, 7) is 4.26. The minimum atomic E-state index is -4.43. The molecule has 1 aliphatic heterocycles. The van der Waals surface area contributed by atoms with Gasteiger partial charge in [0.15, 0.2) is 0 Å². The number of anilines is 1. The van der Waals surface area contributed by atoms with Crippen LogP contribution in [0.5, 0.6) is 0 Å². The Morgan fingerprint density at radius 2 is 1.89 bits per heavy atom. The smallest absolute Gasteiger partial charge is 0.416 e. The van der Waals surface area contributed by atoms with Crippen LogP contribution in [-0.4, -0.2) is 31.3 Å². The van der Waals surface area contributed by atoms with Crippen molar-refractivity contribution in [1.29, 1.82) is 0 Å². The molecule has 0 bridgehead atoms. The number of hydrogen-bond donors (Lipinski definition) is 2. The van der Waals surface area contributed by atoms with E-state index in [9.17, 15) is 22.8 Å². The average molecular weight is 493 g/mol. The number of benzene rings is 2. The quantitative estimate of drug-likeness (QED) is 0.472. The van der Waals surface area contributed by atoms with Gasteiger partial charge in [-0.25, -0.2) is 4.79 Å². The van der Waals surface area contributed by atoms with E-state index in [1.165, 1.54) is 6.07 Å². The SMILES string of the molecule is CC(C)OC=O.O=C(N[C@@H]1C[C@H](C2CC2)Nc2ccc(C(F)(F)F)cc21)OCCc1ccccc1. The highest BCUT2D eigenvalue weighted by atomic mass is 19.4. The highest BCUT2D eigenvalue weighted by Crippen LogP contribution is 2.44. The first-order valence-electron chi connectivity index (χ1n) is 11.7. The Balaban J connectivity index is 0.000000509. The van der Waals surface area contributed by atoms with Gasteiger partial charge in [-0.15, -0.1) is 0 Å². The number of hydrogen-bond acceptors (Lipinski definition) is 5. The first-order chi connectivity index (χ1) is 16.7. The number of amides is 1. The fourth-order valence-corrected chi connectivity index (χ4v) is 3.95. The molecule has 4 rings (SSSR count). The summed E-state index contributed by atoms with van der Waals surface area (Å²) in [5, 5.41) is 6.13. The lowest BCUT2D eigenvalue weighted by Gasteiger charge is -2.34. The Morgan fingerprint density at radius 3 is 2.46 bits per heavy atom. The second kappa shape index (κ2) is 12.0. The second-order valence-corrected chi connectivity index (χ2v) is 8.97. The third kappa shape index (κ3) is 8.19. The van der Waals surface area contributed by atoms with Crippen LogP contribution in [0.1, 0.15) is 55.8 Å². The summed E-state index contributed by atoms with van der Waals surface area (Å²) in [5.41, 5.74) is 1.44. The van der Waals surface area contributed by atoms with E-state index >= 15 is 0 Å². The van der Waals surface area contributed by atoms with Crippen molar-refractivity contribution < 1.29 is 32.2 Å². The fraction of sp³-hybridized carbons (Fsp3) is 0.462. The minimum absolute atomic E-state index is 0.0301. The maximum Gasteiger partial charge on any atom is 0.416 e. The zero-order valence-corrected chi connectivity index (χ0v) is 19.8. The van der Waals surface area contributed by atoms with Crippen LogP contribution in [0.25, 0.3) is 0 Å².